The van der Waals surface area contributed by atoms with Crippen LogP contribution in [0, 0.1) is 0 Å². The highest BCUT2D eigenvalue weighted by molar-refractivity contribution is 6.21. The molecule has 7 aromatic carbocycles. The number of pyridine rings is 2. The van der Waals surface area contributed by atoms with Crippen molar-refractivity contribution in [3.8, 4) is 44.8 Å². The van der Waals surface area contributed by atoms with Gasteiger partial charge in [0.2, 0.25) is 0 Å². The van der Waals surface area contributed by atoms with Gasteiger partial charge in [0, 0.05) is 21.9 Å². The largest absolute Gasteiger partial charge is 0.245 e. The molecule has 0 aliphatic rings. The van der Waals surface area contributed by atoms with E-state index in [2.05, 4.69) is 164 Å². The van der Waals surface area contributed by atoms with Gasteiger partial charge in [-0.05, 0) is 55.9 Å². The third kappa shape index (κ3) is 4.35. The van der Waals surface area contributed by atoms with E-state index in [1.54, 1.807) is 0 Å². The fourth-order valence-corrected chi connectivity index (χ4v) is 6.85. The molecular formula is C44H28N2. The Morgan fingerprint density at radius 2 is 0.652 bits per heavy atom. The summed E-state index contributed by atoms with van der Waals surface area (Å²) < 4.78 is 0. The molecule has 0 N–H and O–H groups in total. The summed E-state index contributed by atoms with van der Waals surface area (Å²) in [6, 6.07) is 60.3. The Bertz CT molecular complexity index is 2500. The summed E-state index contributed by atoms with van der Waals surface area (Å²) in [4.78, 5) is 10.5. The maximum atomic E-state index is 5.39. The number of rotatable bonds is 4. The number of aromatic nitrogens is 2. The number of fused-ring (bicyclic) bond motifs is 5. The lowest BCUT2D eigenvalue weighted by Crippen LogP contribution is -1.94. The molecule has 0 radical (unpaired) electrons. The van der Waals surface area contributed by atoms with E-state index in [0.717, 1.165) is 44.3 Å². The highest BCUT2D eigenvalue weighted by Crippen LogP contribution is 2.44. The molecule has 0 fully saturated rings. The summed E-state index contributed by atoms with van der Waals surface area (Å²) in [6.45, 7) is 0. The van der Waals surface area contributed by atoms with Crippen LogP contribution in [0.15, 0.2) is 170 Å². The third-order valence-corrected chi connectivity index (χ3v) is 9.06. The number of nitrogens with zero attached hydrogens (tertiary/aromatic N) is 2. The van der Waals surface area contributed by atoms with Crippen molar-refractivity contribution in [1.82, 2.24) is 9.97 Å². The smallest absolute Gasteiger partial charge is 0.0972 e. The predicted molar refractivity (Wildman–Crippen MR) is 194 cm³/mol. The van der Waals surface area contributed by atoms with Crippen LogP contribution >= 0.6 is 0 Å². The van der Waals surface area contributed by atoms with Crippen molar-refractivity contribution in [3.63, 3.8) is 0 Å². The van der Waals surface area contributed by atoms with E-state index in [0.29, 0.717) is 0 Å². The maximum absolute atomic E-state index is 5.39. The van der Waals surface area contributed by atoms with Gasteiger partial charge in [-0.3, -0.25) is 0 Å². The van der Waals surface area contributed by atoms with E-state index < -0.39 is 0 Å². The average Bonchev–Trinajstić information content (AvgIpc) is 3.14. The van der Waals surface area contributed by atoms with Crippen molar-refractivity contribution in [3.05, 3.63) is 170 Å². The van der Waals surface area contributed by atoms with Gasteiger partial charge in [0.15, 0.2) is 0 Å². The van der Waals surface area contributed by atoms with E-state index in [1.165, 1.54) is 43.8 Å². The molecule has 0 atom stereocenters. The molecule has 46 heavy (non-hydrogen) atoms. The van der Waals surface area contributed by atoms with Gasteiger partial charge in [-0.2, -0.15) is 0 Å². The molecule has 0 saturated heterocycles. The zero-order chi connectivity index (χ0) is 30.5. The Hall–Kier alpha value is -6.12. The number of hydrogen-bond acceptors (Lipinski definition) is 2. The lowest BCUT2D eigenvalue weighted by atomic mass is 9.87. The van der Waals surface area contributed by atoms with Gasteiger partial charge in [0.1, 0.15) is 0 Å². The molecule has 2 nitrogen and oxygen atoms in total. The van der Waals surface area contributed by atoms with Gasteiger partial charge in [-0.25, -0.2) is 9.97 Å². The van der Waals surface area contributed by atoms with E-state index in [1.807, 2.05) is 6.07 Å². The van der Waals surface area contributed by atoms with Crippen molar-refractivity contribution in [2.24, 2.45) is 0 Å². The molecule has 0 aliphatic heterocycles. The van der Waals surface area contributed by atoms with Crippen molar-refractivity contribution < 1.29 is 0 Å². The molecule has 0 amide bonds. The van der Waals surface area contributed by atoms with Gasteiger partial charge in [0.05, 0.1) is 22.4 Å². The normalized spacial score (nSPS) is 11.5. The summed E-state index contributed by atoms with van der Waals surface area (Å²) in [7, 11) is 0. The zero-order valence-electron chi connectivity index (χ0n) is 25.1. The predicted octanol–water partition coefficient (Wildman–Crippen LogP) is 11.8. The van der Waals surface area contributed by atoms with E-state index in [-0.39, 0.29) is 0 Å². The van der Waals surface area contributed by atoms with Crippen LogP contribution in [0.3, 0.4) is 0 Å². The first-order valence-electron chi connectivity index (χ1n) is 15.7. The third-order valence-electron chi connectivity index (χ3n) is 9.06. The van der Waals surface area contributed by atoms with E-state index in [4.69, 9.17) is 9.97 Å². The summed E-state index contributed by atoms with van der Waals surface area (Å²) in [5, 5.41) is 6.97. The lowest BCUT2D eigenvalue weighted by Gasteiger charge is -2.18. The van der Waals surface area contributed by atoms with Crippen molar-refractivity contribution in [2.75, 3.05) is 0 Å². The van der Waals surface area contributed by atoms with Gasteiger partial charge < -0.3 is 0 Å². The second kappa shape index (κ2) is 10.8. The quantitative estimate of drug-likeness (QED) is 0.152. The Morgan fingerprint density at radius 1 is 0.261 bits per heavy atom. The number of benzene rings is 7. The molecule has 0 unspecified atom stereocenters. The summed E-state index contributed by atoms with van der Waals surface area (Å²) >= 11 is 0. The minimum absolute atomic E-state index is 0.918. The maximum Gasteiger partial charge on any atom is 0.0972 e. The molecule has 214 valence electrons. The minimum Gasteiger partial charge on any atom is -0.245 e. The highest BCUT2D eigenvalue weighted by Gasteiger charge is 2.18. The Kier molecular flexibility index (Phi) is 6.17. The first-order valence-corrected chi connectivity index (χ1v) is 15.7. The zero-order valence-corrected chi connectivity index (χ0v) is 25.1. The van der Waals surface area contributed by atoms with Gasteiger partial charge in [0.25, 0.3) is 0 Å². The molecule has 2 aromatic heterocycles. The SMILES string of the molecule is c1ccc(-c2ccc(-c3c4ccccc4c(-c4ccc5ccc6ccc(-c7ccccc7)nc6c5n4)c4ccccc34)cc2)cc1. The fraction of sp³-hybridized carbons (Fsp3) is 0. The van der Waals surface area contributed by atoms with Gasteiger partial charge in [-0.1, -0.05) is 158 Å². The van der Waals surface area contributed by atoms with Crippen LogP contribution in [0.2, 0.25) is 0 Å². The van der Waals surface area contributed by atoms with Gasteiger partial charge >= 0.3 is 0 Å². The Labute approximate surface area is 267 Å². The van der Waals surface area contributed by atoms with Crippen LogP contribution in [0.4, 0.5) is 0 Å². The topological polar surface area (TPSA) is 25.8 Å². The second-order valence-corrected chi connectivity index (χ2v) is 11.8. The average molecular weight is 585 g/mol. The summed E-state index contributed by atoms with van der Waals surface area (Å²) in [5.41, 5.74) is 10.9. The van der Waals surface area contributed by atoms with Crippen LogP contribution in [0.1, 0.15) is 0 Å². The van der Waals surface area contributed by atoms with Crippen LogP contribution < -0.4 is 0 Å². The Balaban J connectivity index is 1.28. The van der Waals surface area contributed by atoms with Crippen LogP contribution in [0.5, 0.6) is 0 Å². The molecule has 0 bridgehead atoms. The Morgan fingerprint density at radius 3 is 1.22 bits per heavy atom. The van der Waals surface area contributed by atoms with E-state index >= 15 is 0 Å². The molecule has 2 heteroatoms. The molecule has 0 aliphatic carbocycles. The van der Waals surface area contributed by atoms with Crippen LogP contribution in [-0.4, -0.2) is 9.97 Å². The monoisotopic (exact) mass is 584 g/mol. The van der Waals surface area contributed by atoms with Gasteiger partial charge in [-0.15, -0.1) is 0 Å². The standard InChI is InChI=1S/C44H28N2/c1-3-11-29(12-4-1)30-19-21-32(22-20-30)41-35-15-7-9-17-37(35)42(38-18-10-8-16-36(38)41)40-28-26-34-24-23-33-25-27-39(31-13-5-2-6-14-31)45-43(33)44(34)46-40/h1-28H. The fourth-order valence-electron chi connectivity index (χ4n) is 6.85. The first kappa shape index (κ1) is 26.3. The summed E-state index contributed by atoms with van der Waals surface area (Å²) in [6.07, 6.45) is 0. The molecule has 0 spiro atoms. The second-order valence-electron chi connectivity index (χ2n) is 11.8. The molecule has 9 rings (SSSR count). The molecule has 2 heterocycles. The summed E-state index contributed by atoms with van der Waals surface area (Å²) in [5.74, 6) is 0. The highest BCUT2D eigenvalue weighted by atomic mass is 14.8. The van der Waals surface area contributed by atoms with Crippen molar-refractivity contribution in [2.45, 2.75) is 0 Å². The van der Waals surface area contributed by atoms with E-state index in [9.17, 15) is 0 Å². The lowest BCUT2D eigenvalue weighted by molar-refractivity contribution is 1.37. The molecule has 0 saturated carbocycles. The van der Waals surface area contributed by atoms with Crippen LogP contribution in [-0.2, 0) is 0 Å². The van der Waals surface area contributed by atoms with Crippen molar-refractivity contribution >= 4 is 43.4 Å². The number of hydrogen-bond donors (Lipinski definition) is 0. The first-order chi connectivity index (χ1) is 22.8. The van der Waals surface area contributed by atoms with Crippen molar-refractivity contribution in [1.29, 1.82) is 0 Å². The molecular weight excluding hydrogens is 556 g/mol. The molecule has 9 aromatic rings. The van der Waals surface area contributed by atoms with Crippen LogP contribution in [0.25, 0.3) is 88.1 Å². The minimum atomic E-state index is 0.918.